The van der Waals surface area contributed by atoms with Crippen molar-refractivity contribution >= 4 is 11.6 Å². The fraction of sp³-hybridized carbons (Fsp3) is 0.167. The lowest BCUT2D eigenvalue weighted by atomic mass is 10.0. The number of rotatable bonds is 3. The van der Waals surface area contributed by atoms with Gasteiger partial charge < -0.3 is 10.5 Å². The molecule has 0 aliphatic carbocycles. The van der Waals surface area contributed by atoms with Crippen LogP contribution in [0.4, 0.5) is 4.39 Å². The molecular weight excluding hydrogens is 257 g/mol. The standard InChI is InChI=1S/C12H11ClFN3O/c1-18-11-5-4-10(16-17-11)12(15)8-3-2-7(13)6-9(8)14/h2-6,12H,15H2,1H3. The SMILES string of the molecule is COc1ccc(C(N)c2ccc(Cl)cc2F)nn1. The van der Waals surface area contributed by atoms with E-state index in [2.05, 4.69) is 10.2 Å². The summed E-state index contributed by atoms with van der Waals surface area (Å²) in [6.45, 7) is 0. The summed E-state index contributed by atoms with van der Waals surface area (Å²) in [6, 6.07) is 6.90. The first-order chi connectivity index (χ1) is 8.61. The molecule has 94 valence electrons. The van der Waals surface area contributed by atoms with Gasteiger partial charge in [-0.2, -0.15) is 0 Å². The zero-order valence-corrected chi connectivity index (χ0v) is 10.4. The minimum Gasteiger partial charge on any atom is -0.480 e. The third-order valence-electron chi connectivity index (χ3n) is 2.49. The molecule has 1 atom stereocenters. The summed E-state index contributed by atoms with van der Waals surface area (Å²) in [5.41, 5.74) is 6.71. The Balaban J connectivity index is 2.31. The van der Waals surface area contributed by atoms with E-state index < -0.39 is 11.9 Å². The van der Waals surface area contributed by atoms with Gasteiger partial charge in [0.25, 0.3) is 0 Å². The molecule has 1 unspecified atom stereocenters. The molecule has 0 amide bonds. The van der Waals surface area contributed by atoms with E-state index in [4.69, 9.17) is 22.1 Å². The maximum absolute atomic E-state index is 13.7. The molecular formula is C12H11ClFN3O. The van der Waals surface area contributed by atoms with Gasteiger partial charge in [-0.1, -0.05) is 17.7 Å². The molecule has 0 aliphatic rings. The minimum atomic E-state index is -0.694. The molecule has 0 saturated heterocycles. The van der Waals surface area contributed by atoms with Gasteiger partial charge in [0, 0.05) is 16.7 Å². The van der Waals surface area contributed by atoms with Gasteiger partial charge in [-0.3, -0.25) is 0 Å². The van der Waals surface area contributed by atoms with Crippen LogP contribution >= 0.6 is 11.6 Å². The highest BCUT2D eigenvalue weighted by Gasteiger charge is 2.15. The maximum atomic E-state index is 13.7. The zero-order valence-electron chi connectivity index (χ0n) is 9.60. The molecule has 2 rings (SSSR count). The van der Waals surface area contributed by atoms with Gasteiger partial charge in [0.15, 0.2) is 0 Å². The summed E-state index contributed by atoms with van der Waals surface area (Å²) in [7, 11) is 1.49. The fourth-order valence-corrected chi connectivity index (χ4v) is 1.68. The van der Waals surface area contributed by atoms with Gasteiger partial charge >= 0.3 is 0 Å². The van der Waals surface area contributed by atoms with Crippen molar-refractivity contribution in [1.82, 2.24) is 10.2 Å². The van der Waals surface area contributed by atoms with Crippen LogP contribution in [0, 0.1) is 5.82 Å². The molecule has 2 aromatic rings. The van der Waals surface area contributed by atoms with Crippen molar-refractivity contribution in [3.05, 3.63) is 52.4 Å². The van der Waals surface area contributed by atoms with Crippen LogP contribution < -0.4 is 10.5 Å². The first-order valence-corrected chi connectivity index (χ1v) is 5.57. The van der Waals surface area contributed by atoms with Gasteiger partial charge in [-0.15, -0.1) is 10.2 Å². The van der Waals surface area contributed by atoms with E-state index in [-0.39, 0.29) is 0 Å². The molecule has 0 saturated carbocycles. The molecule has 0 aliphatic heterocycles. The van der Waals surface area contributed by atoms with Crippen molar-refractivity contribution in [1.29, 1.82) is 0 Å². The Morgan fingerprint density at radius 1 is 1.28 bits per heavy atom. The maximum Gasteiger partial charge on any atom is 0.233 e. The third kappa shape index (κ3) is 2.57. The van der Waals surface area contributed by atoms with E-state index in [9.17, 15) is 4.39 Å². The lowest BCUT2D eigenvalue weighted by Crippen LogP contribution is -2.15. The number of benzene rings is 1. The average Bonchev–Trinajstić information content (AvgIpc) is 2.38. The smallest absolute Gasteiger partial charge is 0.233 e. The van der Waals surface area contributed by atoms with Crippen molar-refractivity contribution < 1.29 is 9.13 Å². The number of hydrogen-bond acceptors (Lipinski definition) is 4. The Bertz CT molecular complexity index is 548. The molecule has 0 fully saturated rings. The Morgan fingerprint density at radius 2 is 2.06 bits per heavy atom. The van der Waals surface area contributed by atoms with Crippen LogP contribution in [0.2, 0.25) is 5.02 Å². The van der Waals surface area contributed by atoms with Crippen LogP contribution in [0.15, 0.2) is 30.3 Å². The molecule has 0 bridgehead atoms. The molecule has 0 spiro atoms. The predicted molar refractivity (Wildman–Crippen MR) is 66.0 cm³/mol. The first-order valence-electron chi connectivity index (χ1n) is 5.20. The Labute approximate surface area is 109 Å². The highest BCUT2D eigenvalue weighted by Crippen LogP contribution is 2.23. The fourth-order valence-electron chi connectivity index (χ4n) is 1.52. The predicted octanol–water partition coefficient (Wildman–Crippen LogP) is 2.33. The van der Waals surface area contributed by atoms with E-state index in [0.29, 0.717) is 22.2 Å². The van der Waals surface area contributed by atoms with Gasteiger partial charge in [0.2, 0.25) is 5.88 Å². The van der Waals surface area contributed by atoms with E-state index >= 15 is 0 Å². The second-order valence-electron chi connectivity index (χ2n) is 3.64. The molecule has 4 nitrogen and oxygen atoms in total. The zero-order chi connectivity index (χ0) is 13.1. The van der Waals surface area contributed by atoms with Gasteiger partial charge in [0.05, 0.1) is 18.8 Å². The number of nitrogens with zero attached hydrogens (tertiary/aromatic N) is 2. The number of halogens is 2. The molecule has 1 aromatic carbocycles. The van der Waals surface area contributed by atoms with Crippen LogP contribution in [0.5, 0.6) is 5.88 Å². The van der Waals surface area contributed by atoms with Crippen molar-refractivity contribution in [3.63, 3.8) is 0 Å². The summed E-state index contributed by atoms with van der Waals surface area (Å²) in [4.78, 5) is 0. The van der Waals surface area contributed by atoms with E-state index in [1.807, 2.05) is 0 Å². The third-order valence-corrected chi connectivity index (χ3v) is 2.72. The Kier molecular flexibility index (Phi) is 3.74. The molecule has 18 heavy (non-hydrogen) atoms. The first kappa shape index (κ1) is 12.7. The van der Waals surface area contributed by atoms with Gasteiger partial charge in [-0.25, -0.2) is 4.39 Å². The number of nitrogens with two attached hydrogens (primary N) is 1. The van der Waals surface area contributed by atoms with Crippen LogP contribution in [-0.2, 0) is 0 Å². The minimum absolute atomic E-state index is 0.318. The molecule has 0 radical (unpaired) electrons. The highest BCUT2D eigenvalue weighted by atomic mass is 35.5. The molecule has 6 heteroatoms. The van der Waals surface area contributed by atoms with Crippen molar-refractivity contribution in [3.8, 4) is 5.88 Å². The normalized spacial score (nSPS) is 12.2. The van der Waals surface area contributed by atoms with E-state index in [1.54, 1.807) is 18.2 Å². The second kappa shape index (κ2) is 5.29. The summed E-state index contributed by atoms with van der Waals surface area (Å²) in [6.07, 6.45) is 0. The van der Waals surface area contributed by atoms with Crippen molar-refractivity contribution in [2.75, 3.05) is 7.11 Å². The summed E-state index contributed by atoms with van der Waals surface area (Å²) in [5.74, 6) is -0.0878. The van der Waals surface area contributed by atoms with Gasteiger partial charge in [0.1, 0.15) is 5.82 Å². The van der Waals surface area contributed by atoms with Crippen LogP contribution in [-0.4, -0.2) is 17.3 Å². The highest BCUT2D eigenvalue weighted by molar-refractivity contribution is 6.30. The monoisotopic (exact) mass is 267 g/mol. The summed E-state index contributed by atoms with van der Waals surface area (Å²) in [5, 5.41) is 8.00. The van der Waals surface area contributed by atoms with Crippen LogP contribution in [0.1, 0.15) is 17.3 Å². The van der Waals surface area contributed by atoms with E-state index in [1.165, 1.54) is 19.2 Å². The van der Waals surface area contributed by atoms with Crippen molar-refractivity contribution in [2.45, 2.75) is 6.04 Å². The second-order valence-corrected chi connectivity index (χ2v) is 4.08. The number of hydrogen-bond donors (Lipinski definition) is 1. The summed E-state index contributed by atoms with van der Waals surface area (Å²) < 4.78 is 18.6. The largest absolute Gasteiger partial charge is 0.480 e. The number of methoxy groups -OCH3 is 1. The van der Waals surface area contributed by atoms with Crippen LogP contribution in [0.25, 0.3) is 0 Å². The lowest BCUT2D eigenvalue weighted by molar-refractivity contribution is 0.390. The van der Waals surface area contributed by atoms with Gasteiger partial charge in [-0.05, 0) is 18.2 Å². The topological polar surface area (TPSA) is 61.0 Å². The quantitative estimate of drug-likeness (QED) is 0.927. The molecule has 2 N–H and O–H groups in total. The lowest BCUT2D eigenvalue weighted by Gasteiger charge is -2.12. The van der Waals surface area contributed by atoms with Crippen molar-refractivity contribution in [2.24, 2.45) is 5.73 Å². The molecule has 1 aromatic heterocycles. The van der Waals surface area contributed by atoms with Crippen LogP contribution in [0.3, 0.4) is 0 Å². The molecule has 1 heterocycles. The average molecular weight is 268 g/mol. The number of aromatic nitrogens is 2. The Morgan fingerprint density at radius 3 is 2.61 bits per heavy atom. The number of ether oxygens (including phenoxy) is 1. The summed E-state index contributed by atoms with van der Waals surface area (Å²) >= 11 is 5.68. The Hall–Kier alpha value is -1.72. The van der Waals surface area contributed by atoms with E-state index in [0.717, 1.165) is 0 Å².